The third-order valence-corrected chi connectivity index (χ3v) is 8.02. The minimum Gasteiger partial charge on any atom is -0.491 e. The zero-order valence-electron chi connectivity index (χ0n) is 21.6. The molecule has 2 fully saturated rings. The lowest BCUT2D eigenvalue weighted by molar-refractivity contribution is -0.121. The Morgan fingerprint density at radius 1 is 1.09 bits per heavy atom. The topological polar surface area (TPSA) is 99.0 Å². The van der Waals surface area contributed by atoms with Crippen LogP contribution in [0.25, 0.3) is 0 Å². The van der Waals surface area contributed by atoms with E-state index in [-0.39, 0.29) is 30.3 Å². The molecule has 2 aliphatic rings. The molecule has 2 saturated carbocycles. The number of hydrogen-bond donors (Lipinski definition) is 4. The molecule has 0 radical (unpaired) electrons. The summed E-state index contributed by atoms with van der Waals surface area (Å²) in [6, 6.07) is 9.47. The minimum absolute atomic E-state index is 0.0122. The molecule has 7 atom stereocenters. The average molecular weight is 490 g/mol. The fraction of sp³-hybridized carbons (Fsp3) is 0.759. The van der Waals surface area contributed by atoms with Gasteiger partial charge in [-0.15, -0.1) is 0 Å². The van der Waals surface area contributed by atoms with Gasteiger partial charge in [0.1, 0.15) is 12.4 Å². The predicted molar refractivity (Wildman–Crippen MR) is 138 cm³/mol. The van der Waals surface area contributed by atoms with Crippen molar-refractivity contribution in [2.24, 2.45) is 29.6 Å². The molecule has 6 nitrogen and oxygen atoms in total. The van der Waals surface area contributed by atoms with Gasteiger partial charge in [0.25, 0.3) is 0 Å². The smallest absolute Gasteiger partial charge is 0.220 e. The van der Waals surface area contributed by atoms with Crippen LogP contribution in [-0.2, 0) is 4.79 Å². The van der Waals surface area contributed by atoms with Crippen molar-refractivity contribution in [2.75, 3.05) is 13.2 Å². The van der Waals surface area contributed by atoms with Gasteiger partial charge in [0.15, 0.2) is 0 Å². The molecule has 0 aromatic heterocycles. The van der Waals surface area contributed by atoms with Crippen molar-refractivity contribution in [2.45, 2.75) is 96.4 Å². The van der Waals surface area contributed by atoms with E-state index in [0.717, 1.165) is 50.3 Å². The van der Waals surface area contributed by atoms with Crippen LogP contribution in [0.2, 0.25) is 0 Å². The lowest BCUT2D eigenvalue weighted by Gasteiger charge is -2.30. The zero-order valence-corrected chi connectivity index (χ0v) is 21.6. The van der Waals surface area contributed by atoms with Gasteiger partial charge in [-0.1, -0.05) is 51.3 Å². The molecule has 0 heterocycles. The first kappa shape index (κ1) is 27.9. The van der Waals surface area contributed by atoms with Gasteiger partial charge >= 0.3 is 0 Å². The Bertz CT molecular complexity index is 740. The summed E-state index contributed by atoms with van der Waals surface area (Å²) in [5, 5.41) is 34.9. The van der Waals surface area contributed by atoms with Crippen molar-refractivity contribution in [1.29, 1.82) is 0 Å². The third-order valence-electron chi connectivity index (χ3n) is 8.02. The molecular weight excluding hydrogens is 442 g/mol. The van der Waals surface area contributed by atoms with Crippen LogP contribution in [0.5, 0.6) is 5.75 Å². The summed E-state index contributed by atoms with van der Waals surface area (Å²) in [6.45, 7) is 5.38. The number of benzene rings is 1. The summed E-state index contributed by atoms with van der Waals surface area (Å²) in [7, 11) is 0. The SMILES string of the molecule is CC(CCCC(=O)NCC1CC1)CCCC1C(O)CC(O)C1C(C)CC(O)COc1ccccc1. The Morgan fingerprint density at radius 3 is 2.51 bits per heavy atom. The minimum atomic E-state index is -0.614. The van der Waals surface area contributed by atoms with Crippen LogP contribution in [0.1, 0.15) is 78.1 Å². The van der Waals surface area contributed by atoms with E-state index in [1.807, 2.05) is 30.3 Å². The maximum atomic E-state index is 11.9. The highest BCUT2D eigenvalue weighted by atomic mass is 16.5. The van der Waals surface area contributed by atoms with Gasteiger partial charge in [0.2, 0.25) is 5.91 Å². The normalized spacial score (nSPS) is 26.8. The average Bonchev–Trinajstić information content (AvgIpc) is 3.61. The Labute approximate surface area is 211 Å². The summed E-state index contributed by atoms with van der Waals surface area (Å²) in [5.41, 5.74) is 0. The molecule has 1 aromatic rings. The number of rotatable bonds is 16. The maximum absolute atomic E-state index is 11.9. The Kier molecular flexibility index (Phi) is 11.3. The largest absolute Gasteiger partial charge is 0.491 e. The van der Waals surface area contributed by atoms with Crippen LogP contribution < -0.4 is 10.1 Å². The number of carbonyl (C=O) groups is 1. The molecule has 0 saturated heterocycles. The molecule has 198 valence electrons. The van der Waals surface area contributed by atoms with Crippen LogP contribution in [0.4, 0.5) is 0 Å². The van der Waals surface area contributed by atoms with Gasteiger partial charge in [-0.05, 0) is 80.2 Å². The molecule has 3 rings (SSSR count). The molecule has 1 amide bonds. The molecule has 1 aromatic carbocycles. The van der Waals surface area contributed by atoms with Gasteiger partial charge in [-0.2, -0.15) is 0 Å². The maximum Gasteiger partial charge on any atom is 0.220 e. The molecule has 7 unspecified atom stereocenters. The number of para-hydroxylation sites is 1. The van der Waals surface area contributed by atoms with E-state index in [9.17, 15) is 20.1 Å². The van der Waals surface area contributed by atoms with E-state index in [1.54, 1.807) is 0 Å². The first-order valence-electron chi connectivity index (χ1n) is 13.8. The monoisotopic (exact) mass is 489 g/mol. The first-order chi connectivity index (χ1) is 16.8. The summed E-state index contributed by atoms with van der Waals surface area (Å²) in [5.74, 6) is 2.32. The first-order valence-corrected chi connectivity index (χ1v) is 13.8. The summed E-state index contributed by atoms with van der Waals surface area (Å²) in [4.78, 5) is 11.9. The predicted octanol–water partition coefficient (Wildman–Crippen LogP) is 4.31. The van der Waals surface area contributed by atoms with Crippen molar-refractivity contribution < 1.29 is 24.9 Å². The van der Waals surface area contributed by atoms with Gasteiger partial charge in [-0.3, -0.25) is 4.79 Å². The number of ether oxygens (including phenoxy) is 1. The van der Waals surface area contributed by atoms with E-state index >= 15 is 0 Å². The highest BCUT2D eigenvalue weighted by molar-refractivity contribution is 5.75. The summed E-state index contributed by atoms with van der Waals surface area (Å²) >= 11 is 0. The Hall–Kier alpha value is -1.63. The van der Waals surface area contributed by atoms with E-state index in [2.05, 4.69) is 19.2 Å². The summed E-state index contributed by atoms with van der Waals surface area (Å²) < 4.78 is 5.68. The number of amides is 1. The highest BCUT2D eigenvalue weighted by Crippen LogP contribution is 2.42. The van der Waals surface area contributed by atoms with Crippen molar-refractivity contribution in [3.8, 4) is 5.75 Å². The van der Waals surface area contributed by atoms with E-state index in [0.29, 0.717) is 25.2 Å². The number of aliphatic hydroxyl groups excluding tert-OH is 3. The van der Waals surface area contributed by atoms with Crippen molar-refractivity contribution >= 4 is 5.91 Å². The van der Waals surface area contributed by atoms with Crippen LogP contribution >= 0.6 is 0 Å². The molecule has 2 aliphatic carbocycles. The van der Waals surface area contributed by atoms with Crippen LogP contribution in [0.3, 0.4) is 0 Å². The van der Waals surface area contributed by atoms with E-state index in [1.165, 1.54) is 12.8 Å². The second-order valence-electron chi connectivity index (χ2n) is 11.3. The quantitative estimate of drug-likeness (QED) is 0.277. The van der Waals surface area contributed by atoms with Gasteiger partial charge < -0.3 is 25.4 Å². The fourth-order valence-corrected chi connectivity index (χ4v) is 5.80. The molecule has 35 heavy (non-hydrogen) atoms. The highest BCUT2D eigenvalue weighted by Gasteiger charge is 2.44. The second kappa shape index (κ2) is 14.2. The molecular formula is C29H47NO5. The Balaban J connectivity index is 1.34. The molecule has 0 aliphatic heterocycles. The molecule has 4 N–H and O–H groups in total. The van der Waals surface area contributed by atoms with Crippen LogP contribution in [0, 0.1) is 29.6 Å². The van der Waals surface area contributed by atoms with E-state index in [4.69, 9.17) is 4.74 Å². The molecule has 6 heteroatoms. The van der Waals surface area contributed by atoms with Gasteiger partial charge in [0, 0.05) is 13.0 Å². The summed E-state index contributed by atoms with van der Waals surface area (Å²) in [6.07, 6.45) is 7.38. The third kappa shape index (κ3) is 9.74. The number of nitrogens with one attached hydrogen (secondary N) is 1. The van der Waals surface area contributed by atoms with Crippen molar-refractivity contribution in [3.63, 3.8) is 0 Å². The number of hydrogen-bond acceptors (Lipinski definition) is 5. The molecule has 0 bridgehead atoms. The van der Waals surface area contributed by atoms with Crippen LogP contribution in [0.15, 0.2) is 30.3 Å². The Morgan fingerprint density at radius 2 is 1.80 bits per heavy atom. The second-order valence-corrected chi connectivity index (χ2v) is 11.3. The van der Waals surface area contributed by atoms with Crippen molar-refractivity contribution in [1.82, 2.24) is 5.32 Å². The van der Waals surface area contributed by atoms with Gasteiger partial charge in [-0.25, -0.2) is 0 Å². The lowest BCUT2D eigenvalue weighted by Crippen LogP contribution is -2.32. The van der Waals surface area contributed by atoms with Gasteiger partial charge in [0.05, 0.1) is 18.3 Å². The molecule has 0 spiro atoms. The van der Waals surface area contributed by atoms with Crippen LogP contribution in [-0.4, -0.2) is 52.7 Å². The van der Waals surface area contributed by atoms with E-state index < -0.39 is 18.3 Å². The standard InChI is InChI=1S/C29H47NO5/c1-20(9-7-13-28(34)30-18-22-14-15-22)8-6-12-25-26(32)17-27(33)29(25)21(2)16-23(31)19-35-24-10-4-3-5-11-24/h3-5,10-11,20-23,25-27,29,31-33H,6-9,12-19H2,1-2H3,(H,30,34). The fourth-order valence-electron chi connectivity index (χ4n) is 5.80. The zero-order chi connectivity index (χ0) is 25.2. The lowest BCUT2D eigenvalue weighted by atomic mass is 9.78. The number of aliphatic hydroxyl groups is 3. The number of carbonyl (C=O) groups excluding carboxylic acids is 1. The van der Waals surface area contributed by atoms with Crippen molar-refractivity contribution in [3.05, 3.63) is 30.3 Å².